The third kappa shape index (κ3) is 2.39. The molecule has 0 bridgehead atoms. The number of aryl methyl sites for hydroxylation is 2. The largest absolute Gasteiger partial charge is 0.319 e. The Morgan fingerprint density at radius 3 is 2.58 bits per heavy atom. The average Bonchev–Trinajstić information content (AvgIpc) is 2.54. The van der Waals surface area contributed by atoms with Gasteiger partial charge in [0.1, 0.15) is 0 Å². The summed E-state index contributed by atoms with van der Waals surface area (Å²) in [7, 11) is 1.94. The van der Waals surface area contributed by atoms with Gasteiger partial charge in [0, 0.05) is 30.1 Å². The summed E-state index contributed by atoms with van der Waals surface area (Å²) >= 11 is 0. The minimum Gasteiger partial charge on any atom is -0.319 e. The number of nitrogens with zero attached hydrogens (tertiary/aromatic N) is 1. The van der Waals surface area contributed by atoms with E-state index >= 15 is 0 Å². The summed E-state index contributed by atoms with van der Waals surface area (Å²) in [6.07, 6.45) is 0.626. The van der Waals surface area contributed by atoms with E-state index in [9.17, 15) is 4.79 Å². The Morgan fingerprint density at radius 2 is 2.00 bits per heavy atom. The van der Waals surface area contributed by atoms with Crippen LogP contribution >= 0.6 is 0 Å². The maximum Gasteiger partial charge on any atom is 0.227 e. The molecule has 1 amide bonds. The molecule has 3 nitrogen and oxygen atoms in total. The molecule has 2 rings (SSSR count). The van der Waals surface area contributed by atoms with Gasteiger partial charge in [0.15, 0.2) is 0 Å². The quantitative estimate of drug-likeness (QED) is 0.906. The smallest absolute Gasteiger partial charge is 0.227 e. The van der Waals surface area contributed by atoms with Crippen molar-refractivity contribution in [3.05, 3.63) is 29.3 Å². The summed E-state index contributed by atoms with van der Waals surface area (Å²) in [4.78, 5) is 14.3. The molecule has 19 heavy (non-hydrogen) atoms. The second kappa shape index (κ2) is 4.97. The van der Waals surface area contributed by atoms with Crippen molar-refractivity contribution in [3.63, 3.8) is 0 Å². The minimum absolute atomic E-state index is 0.137. The van der Waals surface area contributed by atoms with Gasteiger partial charge >= 0.3 is 0 Å². The van der Waals surface area contributed by atoms with Crippen LogP contribution in [0.15, 0.2) is 18.2 Å². The van der Waals surface area contributed by atoms with Crippen molar-refractivity contribution in [2.75, 3.05) is 18.5 Å². The highest BCUT2D eigenvalue weighted by molar-refractivity contribution is 5.97. The van der Waals surface area contributed by atoms with Gasteiger partial charge in [0.2, 0.25) is 5.91 Å². The molecule has 0 aliphatic carbocycles. The van der Waals surface area contributed by atoms with E-state index in [4.69, 9.17) is 0 Å². The third-order valence-corrected chi connectivity index (χ3v) is 4.45. The molecule has 1 aliphatic heterocycles. The molecule has 0 radical (unpaired) electrons. The summed E-state index contributed by atoms with van der Waals surface area (Å²) in [6, 6.07) is 6.28. The first kappa shape index (κ1) is 14.1. The van der Waals surface area contributed by atoms with E-state index in [1.807, 2.05) is 11.9 Å². The number of amides is 1. The lowest BCUT2D eigenvalue weighted by molar-refractivity contribution is -0.117. The first-order valence-corrected chi connectivity index (χ1v) is 6.93. The zero-order valence-electron chi connectivity index (χ0n) is 12.6. The van der Waals surface area contributed by atoms with Gasteiger partial charge < -0.3 is 10.2 Å². The summed E-state index contributed by atoms with van der Waals surface area (Å²) in [5.74, 6) is 0.583. The number of hydrogen-bond acceptors (Lipinski definition) is 2. The standard InChI is InChI=1S/C16H24N2O/c1-11-6-7-14(8-12(11)2)18-15(19)9-13(10-17-5)16(18,3)4/h6-8,13,17H,9-10H2,1-5H3. The minimum atomic E-state index is -0.137. The lowest BCUT2D eigenvalue weighted by atomic mass is 9.88. The molecule has 1 fully saturated rings. The highest BCUT2D eigenvalue weighted by Crippen LogP contribution is 2.39. The van der Waals surface area contributed by atoms with Crippen molar-refractivity contribution in [1.29, 1.82) is 0 Å². The second-order valence-corrected chi connectivity index (χ2v) is 6.11. The Morgan fingerprint density at radius 1 is 1.32 bits per heavy atom. The fourth-order valence-electron chi connectivity index (χ4n) is 2.97. The van der Waals surface area contributed by atoms with Crippen molar-refractivity contribution in [2.24, 2.45) is 5.92 Å². The van der Waals surface area contributed by atoms with E-state index in [0.717, 1.165) is 12.2 Å². The van der Waals surface area contributed by atoms with Crippen LogP contribution < -0.4 is 10.2 Å². The number of carbonyl (C=O) groups excluding carboxylic acids is 1. The van der Waals surface area contributed by atoms with Crippen LogP contribution in [0.1, 0.15) is 31.4 Å². The SMILES string of the molecule is CNCC1CC(=O)N(c2ccc(C)c(C)c2)C1(C)C. The first-order valence-electron chi connectivity index (χ1n) is 6.93. The van der Waals surface area contributed by atoms with Gasteiger partial charge in [-0.05, 0) is 58.0 Å². The Balaban J connectivity index is 2.37. The maximum atomic E-state index is 12.4. The third-order valence-electron chi connectivity index (χ3n) is 4.45. The molecule has 1 saturated heterocycles. The fraction of sp³-hybridized carbons (Fsp3) is 0.562. The van der Waals surface area contributed by atoms with Crippen LogP contribution in [0, 0.1) is 19.8 Å². The van der Waals surface area contributed by atoms with Crippen molar-refractivity contribution in [1.82, 2.24) is 5.32 Å². The van der Waals surface area contributed by atoms with Gasteiger partial charge in [0.25, 0.3) is 0 Å². The monoisotopic (exact) mass is 260 g/mol. The Kier molecular flexibility index (Phi) is 3.68. The lowest BCUT2D eigenvalue weighted by Crippen LogP contribution is -2.46. The van der Waals surface area contributed by atoms with E-state index in [0.29, 0.717) is 12.3 Å². The summed E-state index contributed by atoms with van der Waals surface area (Å²) in [5.41, 5.74) is 3.39. The molecular weight excluding hydrogens is 236 g/mol. The predicted octanol–water partition coefficient (Wildman–Crippen LogP) is 2.65. The van der Waals surface area contributed by atoms with Crippen molar-refractivity contribution in [3.8, 4) is 0 Å². The molecule has 1 heterocycles. The molecule has 1 aliphatic rings. The van der Waals surface area contributed by atoms with Crippen molar-refractivity contribution >= 4 is 11.6 Å². The molecule has 1 unspecified atom stereocenters. The lowest BCUT2D eigenvalue weighted by Gasteiger charge is -2.36. The normalized spacial score (nSPS) is 22.1. The number of rotatable bonds is 3. The topological polar surface area (TPSA) is 32.3 Å². The van der Waals surface area contributed by atoms with Crippen LogP contribution in [-0.4, -0.2) is 25.0 Å². The maximum absolute atomic E-state index is 12.4. The predicted molar refractivity (Wildman–Crippen MR) is 79.5 cm³/mol. The Bertz CT molecular complexity index is 494. The van der Waals surface area contributed by atoms with Crippen LogP contribution in [0.5, 0.6) is 0 Å². The highest BCUT2D eigenvalue weighted by atomic mass is 16.2. The van der Waals surface area contributed by atoms with Crippen LogP contribution in [0.4, 0.5) is 5.69 Å². The van der Waals surface area contributed by atoms with Gasteiger partial charge in [-0.25, -0.2) is 0 Å². The number of anilines is 1. The van der Waals surface area contributed by atoms with Crippen LogP contribution in [-0.2, 0) is 4.79 Å². The molecule has 104 valence electrons. The van der Waals surface area contributed by atoms with Gasteiger partial charge in [-0.15, -0.1) is 0 Å². The average molecular weight is 260 g/mol. The number of nitrogens with one attached hydrogen (secondary N) is 1. The van der Waals surface area contributed by atoms with Gasteiger partial charge in [-0.2, -0.15) is 0 Å². The molecule has 0 saturated carbocycles. The molecule has 3 heteroatoms. The summed E-state index contributed by atoms with van der Waals surface area (Å²) < 4.78 is 0. The zero-order valence-corrected chi connectivity index (χ0v) is 12.6. The molecule has 0 spiro atoms. The van der Waals surface area contributed by atoms with Crippen molar-refractivity contribution < 1.29 is 4.79 Å². The first-order chi connectivity index (χ1) is 8.87. The van der Waals surface area contributed by atoms with Crippen LogP contribution in [0.3, 0.4) is 0 Å². The van der Waals surface area contributed by atoms with Crippen LogP contribution in [0.2, 0.25) is 0 Å². The van der Waals surface area contributed by atoms with Gasteiger partial charge in [0.05, 0.1) is 0 Å². The molecular formula is C16H24N2O. The number of benzene rings is 1. The molecule has 0 aromatic heterocycles. The molecule has 1 atom stereocenters. The fourth-order valence-corrected chi connectivity index (χ4v) is 2.97. The summed E-state index contributed by atoms with van der Waals surface area (Å²) in [6.45, 7) is 9.39. The molecule has 1 N–H and O–H groups in total. The Labute approximate surface area is 116 Å². The summed E-state index contributed by atoms with van der Waals surface area (Å²) in [5, 5.41) is 3.20. The van der Waals surface area contributed by atoms with Crippen molar-refractivity contribution in [2.45, 2.75) is 39.7 Å². The zero-order chi connectivity index (χ0) is 14.2. The van der Waals surface area contributed by atoms with E-state index in [2.05, 4.69) is 51.2 Å². The Hall–Kier alpha value is -1.35. The van der Waals surface area contributed by atoms with E-state index in [1.165, 1.54) is 11.1 Å². The van der Waals surface area contributed by atoms with E-state index < -0.39 is 0 Å². The number of hydrogen-bond donors (Lipinski definition) is 1. The number of carbonyl (C=O) groups is 1. The molecule has 1 aromatic carbocycles. The van der Waals surface area contributed by atoms with E-state index in [-0.39, 0.29) is 11.4 Å². The van der Waals surface area contributed by atoms with Gasteiger partial charge in [-0.3, -0.25) is 4.79 Å². The van der Waals surface area contributed by atoms with Gasteiger partial charge in [-0.1, -0.05) is 6.07 Å². The second-order valence-electron chi connectivity index (χ2n) is 6.11. The highest BCUT2D eigenvalue weighted by Gasteiger charge is 2.46. The van der Waals surface area contributed by atoms with Crippen LogP contribution in [0.25, 0.3) is 0 Å². The molecule has 1 aromatic rings. The van der Waals surface area contributed by atoms with E-state index in [1.54, 1.807) is 0 Å².